The molecular formula is C26H31N5O9. The van der Waals surface area contributed by atoms with E-state index < -0.39 is 42.0 Å². The van der Waals surface area contributed by atoms with Gasteiger partial charge in [-0.1, -0.05) is 18.2 Å². The normalized spacial score (nSPS) is 17.6. The fraction of sp³-hybridized carbons (Fsp3) is 0.462. The van der Waals surface area contributed by atoms with Gasteiger partial charge in [0.25, 0.3) is 5.91 Å². The van der Waals surface area contributed by atoms with E-state index in [9.17, 15) is 29.1 Å². The van der Waals surface area contributed by atoms with Crippen LogP contribution in [-0.4, -0.2) is 106 Å². The molecule has 2 aliphatic rings. The molecule has 14 nitrogen and oxygen atoms in total. The predicted octanol–water partition coefficient (Wildman–Crippen LogP) is 0.831. The second kappa shape index (κ2) is 13.0. The number of cyclic esters (lactones) is 1. The summed E-state index contributed by atoms with van der Waals surface area (Å²) in [6.07, 6.45) is -1.48. The molecule has 1 aromatic carbocycles. The Hall–Kier alpha value is -4.62. The van der Waals surface area contributed by atoms with Gasteiger partial charge in [-0.05, 0) is 25.5 Å². The number of amides is 3. The minimum Gasteiger partial charge on any atom is -0.481 e. The van der Waals surface area contributed by atoms with E-state index >= 15 is 0 Å². The molecule has 0 aliphatic carbocycles. The first kappa shape index (κ1) is 28.4. The van der Waals surface area contributed by atoms with Crippen molar-refractivity contribution in [3.63, 3.8) is 0 Å². The molecule has 0 saturated carbocycles. The Morgan fingerprint density at radius 2 is 1.82 bits per heavy atom. The number of aliphatic carboxylic acids is 1. The zero-order chi connectivity index (χ0) is 28.6. The van der Waals surface area contributed by atoms with Crippen molar-refractivity contribution in [3.05, 3.63) is 42.1 Å². The summed E-state index contributed by atoms with van der Waals surface area (Å²) in [5.74, 6) is -2.70. The van der Waals surface area contributed by atoms with Gasteiger partial charge >= 0.3 is 18.0 Å². The van der Waals surface area contributed by atoms with Gasteiger partial charge in [0.05, 0.1) is 18.9 Å². The number of nitrogens with one attached hydrogen (secondary N) is 1. The fourth-order valence-corrected chi connectivity index (χ4v) is 4.35. The van der Waals surface area contributed by atoms with Crippen molar-refractivity contribution >= 4 is 29.8 Å². The van der Waals surface area contributed by atoms with E-state index in [1.54, 1.807) is 37.3 Å². The quantitative estimate of drug-likeness (QED) is 0.399. The molecule has 214 valence electrons. The number of esters is 1. The van der Waals surface area contributed by atoms with Crippen LogP contribution in [-0.2, 0) is 23.9 Å². The molecule has 2 aliphatic heterocycles. The highest BCUT2D eigenvalue weighted by molar-refractivity contribution is 5.96. The minimum atomic E-state index is -1.14. The first-order valence-electron chi connectivity index (χ1n) is 13.0. The van der Waals surface area contributed by atoms with Crippen LogP contribution >= 0.6 is 0 Å². The van der Waals surface area contributed by atoms with Gasteiger partial charge in [-0.25, -0.2) is 14.3 Å². The maximum Gasteiger partial charge on any atom is 0.409 e. The standard InChI is InChI=1S/C26H31N5O9/c1-2-38-26(37)30-13-11-29(12-14-30)24(35)18(8-9-22(32)33)27-23(34)19-16-21(40-20-10-15-39-25(20)36)31(28-19)17-6-4-3-5-7-17/h3-7,16,18,20H,2,8-15H2,1H3,(H,27,34)(H,32,33)/t18?,20-/m0/s1. The van der Waals surface area contributed by atoms with Gasteiger partial charge in [0.2, 0.25) is 17.9 Å². The van der Waals surface area contributed by atoms with Crippen molar-refractivity contribution in [3.8, 4) is 11.6 Å². The smallest absolute Gasteiger partial charge is 0.409 e. The number of ether oxygens (including phenoxy) is 3. The maximum absolute atomic E-state index is 13.3. The molecule has 2 N–H and O–H groups in total. The van der Waals surface area contributed by atoms with E-state index in [4.69, 9.17) is 14.2 Å². The largest absolute Gasteiger partial charge is 0.481 e. The Bertz CT molecular complexity index is 1240. The highest BCUT2D eigenvalue weighted by Crippen LogP contribution is 2.23. The second-order valence-electron chi connectivity index (χ2n) is 9.15. The topological polar surface area (TPSA) is 170 Å². The summed E-state index contributed by atoms with van der Waals surface area (Å²) in [6, 6.07) is 9.03. The van der Waals surface area contributed by atoms with Gasteiger partial charge in [0, 0.05) is 45.1 Å². The molecule has 2 aromatic rings. The third kappa shape index (κ3) is 6.87. The molecule has 3 amide bonds. The third-order valence-electron chi connectivity index (χ3n) is 6.43. The Morgan fingerprint density at radius 1 is 1.12 bits per heavy atom. The van der Waals surface area contributed by atoms with Crippen LogP contribution in [0.2, 0.25) is 0 Å². The van der Waals surface area contributed by atoms with E-state index in [0.29, 0.717) is 12.1 Å². The number of hydrogen-bond donors (Lipinski definition) is 2. The van der Waals surface area contributed by atoms with E-state index in [1.807, 2.05) is 0 Å². The number of hydrogen-bond acceptors (Lipinski definition) is 9. The van der Waals surface area contributed by atoms with Crippen LogP contribution in [0.4, 0.5) is 4.79 Å². The molecule has 0 radical (unpaired) electrons. The second-order valence-corrected chi connectivity index (χ2v) is 9.15. The number of nitrogens with zero attached hydrogens (tertiary/aromatic N) is 4. The van der Waals surface area contributed by atoms with Crippen molar-refractivity contribution in [2.75, 3.05) is 39.4 Å². The lowest BCUT2D eigenvalue weighted by atomic mass is 10.1. The highest BCUT2D eigenvalue weighted by atomic mass is 16.6. The first-order valence-corrected chi connectivity index (χ1v) is 13.0. The molecule has 3 heterocycles. The summed E-state index contributed by atoms with van der Waals surface area (Å²) < 4.78 is 17.2. The van der Waals surface area contributed by atoms with E-state index in [0.717, 1.165) is 0 Å². The molecule has 14 heteroatoms. The summed E-state index contributed by atoms with van der Waals surface area (Å²) in [5.41, 5.74) is 0.478. The van der Waals surface area contributed by atoms with Crippen molar-refractivity contribution in [2.24, 2.45) is 0 Å². The fourth-order valence-electron chi connectivity index (χ4n) is 4.35. The van der Waals surface area contributed by atoms with Gasteiger partial charge < -0.3 is 34.4 Å². The van der Waals surface area contributed by atoms with Gasteiger partial charge in [-0.2, -0.15) is 5.10 Å². The lowest BCUT2D eigenvalue weighted by Crippen LogP contribution is -2.56. The number of carboxylic acids is 1. The summed E-state index contributed by atoms with van der Waals surface area (Å²) in [4.78, 5) is 64.8. The lowest BCUT2D eigenvalue weighted by molar-refractivity contribution is -0.143. The first-order chi connectivity index (χ1) is 19.3. The van der Waals surface area contributed by atoms with Gasteiger partial charge in [-0.15, -0.1) is 0 Å². The Balaban J connectivity index is 1.50. The van der Waals surface area contributed by atoms with Crippen molar-refractivity contribution in [1.29, 1.82) is 0 Å². The average Bonchev–Trinajstić information content (AvgIpc) is 3.57. The number of carbonyl (C=O) groups excluding carboxylic acids is 4. The molecule has 1 unspecified atom stereocenters. The van der Waals surface area contributed by atoms with Crippen LogP contribution in [0.1, 0.15) is 36.7 Å². The monoisotopic (exact) mass is 557 g/mol. The number of piperazine rings is 1. The summed E-state index contributed by atoms with van der Waals surface area (Å²) in [6.45, 7) is 3.06. The number of carboxylic acid groups (broad SMARTS) is 1. The Morgan fingerprint density at radius 3 is 2.45 bits per heavy atom. The minimum absolute atomic E-state index is 0.0922. The van der Waals surface area contributed by atoms with E-state index in [1.165, 1.54) is 20.5 Å². The van der Waals surface area contributed by atoms with Crippen LogP contribution < -0.4 is 10.1 Å². The Labute approximate surface area is 229 Å². The molecule has 0 bridgehead atoms. The molecule has 2 fully saturated rings. The zero-order valence-electron chi connectivity index (χ0n) is 22.0. The summed E-state index contributed by atoms with van der Waals surface area (Å²) in [7, 11) is 0. The van der Waals surface area contributed by atoms with Crippen LogP contribution in [0.15, 0.2) is 36.4 Å². The number of para-hydroxylation sites is 1. The van der Waals surface area contributed by atoms with Crippen molar-refractivity contribution < 1.29 is 43.3 Å². The van der Waals surface area contributed by atoms with Gasteiger partial charge in [0.15, 0.2) is 5.69 Å². The predicted molar refractivity (Wildman–Crippen MR) is 137 cm³/mol. The maximum atomic E-state index is 13.3. The number of rotatable bonds is 10. The SMILES string of the molecule is CCOC(=O)N1CCN(C(=O)C(CCC(=O)O)NC(=O)c2cc(O[C@H]3CCOC3=O)n(-c3ccccc3)n2)CC1. The lowest BCUT2D eigenvalue weighted by Gasteiger charge is -2.35. The van der Waals surface area contributed by atoms with Crippen LogP contribution in [0.25, 0.3) is 5.69 Å². The third-order valence-corrected chi connectivity index (χ3v) is 6.43. The highest BCUT2D eigenvalue weighted by Gasteiger charge is 2.33. The van der Waals surface area contributed by atoms with Gasteiger partial charge in [-0.3, -0.25) is 14.4 Å². The van der Waals surface area contributed by atoms with E-state index in [2.05, 4.69) is 10.4 Å². The summed E-state index contributed by atoms with van der Waals surface area (Å²) in [5, 5.41) is 16.2. The Kier molecular flexibility index (Phi) is 9.19. The van der Waals surface area contributed by atoms with Crippen molar-refractivity contribution in [2.45, 2.75) is 38.3 Å². The van der Waals surface area contributed by atoms with Crippen LogP contribution in [0, 0.1) is 0 Å². The molecule has 4 rings (SSSR count). The van der Waals surface area contributed by atoms with Crippen LogP contribution in [0.5, 0.6) is 5.88 Å². The van der Waals surface area contributed by atoms with E-state index in [-0.39, 0.29) is 63.8 Å². The zero-order valence-corrected chi connectivity index (χ0v) is 22.0. The number of aromatic nitrogens is 2. The van der Waals surface area contributed by atoms with Gasteiger partial charge in [0.1, 0.15) is 6.04 Å². The molecule has 40 heavy (non-hydrogen) atoms. The van der Waals surface area contributed by atoms with Crippen LogP contribution in [0.3, 0.4) is 0 Å². The molecule has 2 saturated heterocycles. The molecule has 2 atom stereocenters. The number of benzene rings is 1. The molecule has 0 spiro atoms. The average molecular weight is 558 g/mol. The number of carbonyl (C=O) groups is 5. The summed E-state index contributed by atoms with van der Waals surface area (Å²) >= 11 is 0. The molecule has 1 aromatic heterocycles. The van der Waals surface area contributed by atoms with Crippen molar-refractivity contribution in [1.82, 2.24) is 24.9 Å². The molecular weight excluding hydrogens is 526 g/mol.